The van der Waals surface area contributed by atoms with Crippen LogP contribution in [-0.4, -0.2) is 16.6 Å². The first-order valence-electron chi connectivity index (χ1n) is 13.6. The van der Waals surface area contributed by atoms with E-state index in [1.807, 2.05) is 54.6 Å². The van der Waals surface area contributed by atoms with Gasteiger partial charge in [0.25, 0.3) is 5.91 Å². The van der Waals surface area contributed by atoms with Crippen LogP contribution in [0, 0.1) is 0 Å². The number of aromatic nitrogens is 1. The van der Waals surface area contributed by atoms with Crippen molar-refractivity contribution in [1.82, 2.24) is 9.88 Å². The molecule has 2 N–H and O–H groups in total. The highest BCUT2D eigenvalue weighted by Gasteiger charge is 2.30. The van der Waals surface area contributed by atoms with Crippen molar-refractivity contribution in [3.8, 4) is 22.8 Å². The Bertz CT molecular complexity index is 1730. The number of amides is 2. The summed E-state index contributed by atoms with van der Waals surface area (Å²) in [6.07, 6.45) is -3.56. The summed E-state index contributed by atoms with van der Waals surface area (Å²) in [5.41, 5.74) is 2.72. The number of benzene rings is 4. The quantitative estimate of drug-likeness (QED) is 0.181. The molecular weight excluding hydrogens is 571 g/mol. The predicted octanol–water partition coefficient (Wildman–Crippen LogP) is 7.83. The van der Waals surface area contributed by atoms with Gasteiger partial charge in [0.1, 0.15) is 12.4 Å². The Morgan fingerprint density at radius 1 is 0.818 bits per heavy atom. The first-order chi connectivity index (χ1) is 21.2. The number of aryl methyl sites for hydroxylation is 1. The molecule has 0 atom stereocenters. The molecule has 0 aliphatic heterocycles. The van der Waals surface area contributed by atoms with Gasteiger partial charge in [0.05, 0.1) is 11.3 Å². The number of alkyl halides is 3. The highest BCUT2D eigenvalue weighted by Crippen LogP contribution is 2.32. The van der Waals surface area contributed by atoms with E-state index in [1.54, 1.807) is 37.5 Å². The van der Waals surface area contributed by atoms with Crippen LogP contribution in [0.3, 0.4) is 0 Å². The van der Waals surface area contributed by atoms with Crippen molar-refractivity contribution in [2.24, 2.45) is 7.05 Å². The van der Waals surface area contributed by atoms with E-state index in [4.69, 9.17) is 9.47 Å². The fourth-order valence-corrected chi connectivity index (χ4v) is 4.43. The number of hydrogen-bond acceptors (Lipinski definition) is 4. The van der Waals surface area contributed by atoms with E-state index in [1.165, 1.54) is 22.8 Å². The highest BCUT2D eigenvalue weighted by atomic mass is 19.4. The molecule has 0 bridgehead atoms. The van der Waals surface area contributed by atoms with Crippen LogP contribution in [0.15, 0.2) is 115 Å². The monoisotopic (exact) mass is 599 g/mol. The summed E-state index contributed by atoms with van der Waals surface area (Å²) in [5, 5.41) is 5.45. The molecule has 7 nitrogen and oxygen atoms in total. The third kappa shape index (κ3) is 7.65. The van der Waals surface area contributed by atoms with Crippen molar-refractivity contribution < 1.29 is 32.2 Å². The van der Waals surface area contributed by atoms with E-state index in [0.29, 0.717) is 29.2 Å². The Balaban J connectivity index is 1.15. The highest BCUT2D eigenvalue weighted by molar-refractivity contribution is 6.08. The predicted molar refractivity (Wildman–Crippen MR) is 160 cm³/mol. The van der Waals surface area contributed by atoms with Gasteiger partial charge in [0.2, 0.25) is 5.88 Å². The number of rotatable bonds is 9. The van der Waals surface area contributed by atoms with Gasteiger partial charge >= 0.3 is 12.3 Å². The van der Waals surface area contributed by atoms with Gasteiger partial charge in [-0.2, -0.15) is 13.2 Å². The molecule has 0 aliphatic rings. The summed E-state index contributed by atoms with van der Waals surface area (Å²) < 4.78 is 51.7. The lowest BCUT2D eigenvalue weighted by Gasteiger charge is -2.11. The number of nitrogens with one attached hydrogen (secondary N) is 2. The molecule has 0 spiro atoms. The standard InChI is InChI=1S/C34H28F3N3O4/c1-40-21-27(39-32(41)30-10-6-5-9-29(30)25-13-15-26(16-14-25)34(35,36)37)19-31(40)44-33(42)38-20-23-11-17-28(18-12-23)43-22-24-7-3-2-4-8-24/h2-19,21H,20,22H2,1H3,(H,38,42)(H,39,41). The van der Waals surface area contributed by atoms with Crippen LogP contribution in [0.4, 0.5) is 23.7 Å². The third-order valence-corrected chi connectivity index (χ3v) is 6.72. The molecule has 10 heteroatoms. The first-order valence-corrected chi connectivity index (χ1v) is 13.6. The Hall–Kier alpha value is -5.51. The SMILES string of the molecule is Cn1cc(NC(=O)c2ccccc2-c2ccc(C(F)(F)F)cc2)cc1OC(=O)NCc1ccc(OCc2ccccc2)cc1. The molecule has 0 unspecified atom stereocenters. The Labute approximate surface area is 251 Å². The number of nitrogens with zero attached hydrogens (tertiary/aromatic N) is 1. The number of hydrogen-bond donors (Lipinski definition) is 2. The molecule has 2 amide bonds. The van der Waals surface area contributed by atoms with E-state index in [0.717, 1.165) is 23.3 Å². The Morgan fingerprint density at radius 2 is 1.50 bits per heavy atom. The molecule has 0 saturated heterocycles. The van der Waals surface area contributed by atoms with Crippen LogP contribution in [-0.2, 0) is 26.4 Å². The normalized spacial score (nSPS) is 11.1. The van der Waals surface area contributed by atoms with Gasteiger partial charge in [0.15, 0.2) is 0 Å². The van der Waals surface area contributed by atoms with Gasteiger partial charge < -0.3 is 24.7 Å². The van der Waals surface area contributed by atoms with Crippen LogP contribution in [0.5, 0.6) is 11.6 Å². The molecule has 0 fully saturated rings. The third-order valence-electron chi connectivity index (χ3n) is 6.72. The van der Waals surface area contributed by atoms with Crippen molar-refractivity contribution in [2.45, 2.75) is 19.3 Å². The fourth-order valence-electron chi connectivity index (χ4n) is 4.43. The second-order valence-electron chi connectivity index (χ2n) is 9.91. The Kier molecular flexibility index (Phi) is 8.99. The molecule has 4 aromatic carbocycles. The molecule has 224 valence electrons. The molecule has 0 radical (unpaired) electrons. The van der Waals surface area contributed by atoms with E-state index in [2.05, 4.69) is 10.6 Å². The number of carbonyl (C=O) groups is 2. The first kappa shape index (κ1) is 30.0. The number of halogens is 3. The van der Waals surface area contributed by atoms with Gasteiger partial charge in [-0.3, -0.25) is 4.79 Å². The number of anilines is 1. The summed E-state index contributed by atoms with van der Waals surface area (Å²) in [4.78, 5) is 25.6. The minimum absolute atomic E-state index is 0.193. The summed E-state index contributed by atoms with van der Waals surface area (Å²) in [7, 11) is 1.66. The van der Waals surface area contributed by atoms with E-state index < -0.39 is 23.7 Å². The lowest BCUT2D eigenvalue weighted by Crippen LogP contribution is -2.26. The van der Waals surface area contributed by atoms with Crippen molar-refractivity contribution in [1.29, 1.82) is 0 Å². The minimum Gasteiger partial charge on any atom is -0.489 e. The molecule has 1 heterocycles. The van der Waals surface area contributed by atoms with E-state index in [9.17, 15) is 22.8 Å². The van der Waals surface area contributed by atoms with E-state index in [-0.39, 0.29) is 18.0 Å². The maximum absolute atomic E-state index is 13.1. The lowest BCUT2D eigenvalue weighted by atomic mass is 9.98. The molecule has 0 saturated carbocycles. The zero-order valence-corrected chi connectivity index (χ0v) is 23.6. The molecule has 5 rings (SSSR count). The van der Waals surface area contributed by atoms with Gasteiger partial charge in [0, 0.05) is 31.4 Å². The minimum atomic E-state index is -4.46. The van der Waals surface area contributed by atoms with Crippen molar-refractivity contribution in [2.75, 3.05) is 5.32 Å². The molecule has 44 heavy (non-hydrogen) atoms. The van der Waals surface area contributed by atoms with Crippen molar-refractivity contribution in [3.63, 3.8) is 0 Å². The maximum atomic E-state index is 13.1. The average molecular weight is 600 g/mol. The van der Waals surface area contributed by atoms with Crippen LogP contribution >= 0.6 is 0 Å². The van der Waals surface area contributed by atoms with Gasteiger partial charge in [-0.25, -0.2) is 4.79 Å². The lowest BCUT2D eigenvalue weighted by molar-refractivity contribution is -0.137. The number of carbonyl (C=O) groups excluding carboxylic acids is 2. The summed E-state index contributed by atoms with van der Waals surface area (Å²) in [5.74, 6) is 0.428. The summed E-state index contributed by atoms with van der Waals surface area (Å²) in [6.45, 7) is 0.683. The molecule has 1 aromatic heterocycles. The number of ether oxygens (including phenoxy) is 2. The van der Waals surface area contributed by atoms with Crippen molar-refractivity contribution in [3.05, 3.63) is 138 Å². The van der Waals surface area contributed by atoms with Gasteiger partial charge in [-0.05, 0) is 52.6 Å². The summed E-state index contributed by atoms with van der Waals surface area (Å²) >= 11 is 0. The van der Waals surface area contributed by atoms with Gasteiger partial charge in [-0.15, -0.1) is 0 Å². The maximum Gasteiger partial charge on any atom is 0.416 e. The second-order valence-corrected chi connectivity index (χ2v) is 9.91. The molecule has 5 aromatic rings. The largest absolute Gasteiger partial charge is 0.489 e. The second kappa shape index (κ2) is 13.2. The molecule has 0 aliphatic carbocycles. The summed E-state index contributed by atoms with van der Waals surface area (Å²) in [6, 6.07) is 29.9. The van der Waals surface area contributed by atoms with Crippen LogP contribution in [0.2, 0.25) is 0 Å². The molecular formula is C34H28F3N3O4. The topological polar surface area (TPSA) is 81.6 Å². The van der Waals surface area contributed by atoms with Crippen LogP contribution in [0.1, 0.15) is 27.0 Å². The van der Waals surface area contributed by atoms with Crippen LogP contribution < -0.4 is 20.1 Å². The van der Waals surface area contributed by atoms with Crippen molar-refractivity contribution >= 4 is 17.7 Å². The average Bonchev–Trinajstić information content (AvgIpc) is 3.37. The Morgan fingerprint density at radius 3 is 2.20 bits per heavy atom. The zero-order chi connectivity index (χ0) is 31.1. The van der Waals surface area contributed by atoms with E-state index >= 15 is 0 Å². The van der Waals surface area contributed by atoms with Gasteiger partial charge in [-0.1, -0.05) is 72.8 Å². The zero-order valence-electron chi connectivity index (χ0n) is 23.6. The van der Waals surface area contributed by atoms with Crippen LogP contribution in [0.25, 0.3) is 11.1 Å². The fraction of sp³-hybridized carbons (Fsp3) is 0.118. The smallest absolute Gasteiger partial charge is 0.416 e.